The predicted molar refractivity (Wildman–Crippen MR) is 66.1 cm³/mol. The molecule has 0 radical (unpaired) electrons. The van der Waals surface area contributed by atoms with E-state index in [0.29, 0.717) is 5.76 Å². The first kappa shape index (κ1) is 10.4. The molecule has 0 bridgehead atoms. The van der Waals surface area contributed by atoms with Gasteiger partial charge in [0.25, 0.3) is 5.91 Å². The lowest BCUT2D eigenvalue weighted by Crippen LogP contribution is -2.27. The molecule has 17 heavy (non-hydrogen) atoms. The first-order chi connectivity index (χ1) is 8.27. The van der Waals surface area contributed by atoms with Gasteiger partial charge in [0, 0.05) is 24.0 Å². The average molecular weight is 229 g/mol. The average Bonchev–Trinajstić information content (AvgIpc) is 2.97. The maximum absolute atomic E-state index is 12.3. The molecular formula is C14H15NO2. The van der Waals surface area contributed by atoms with Crippen molar-refractivity contribution in [3.63, 3.8) is 0 Å². The normalized spacial score (nSPS) is 15.7. The van der Waals surface area contributed by atoms with Crippen molar-refractivity contribution in [2.75, 3.05) is 13.1 Å². The van der Waals surface area contributed by atoms with Crippen LogP contribution in [0.15, 0.2) is 28.7 Å². The van der Waals surface area contributed by atoms with Crippen LogP contribution in [0.5, 0.6) is 0 Å². The summed E-state index contributed by atoms with van der Waals surface area (Å²) in [6, 6.07) is 7.79. The van der Waals surface area contributed by atoms with Crippen LogP contribution in [0.1, 0.15) is 29.0 Å². The highest BCUT2D eigenvalue weighted by atomic mass is 16.3. The lowest BCUT2D eigenvalue weighted by atomic mass is 10.1. The van der Waals surface area contributed by atoms with Gasteiger partial charge in [-0.1, -0.05) is 18.2 Å². The number of likely N-dealkylation sites (tertiary alicyclic amines) is 1. The van der Waals surface area contributed by atoms with Gasteiger partial charge < -0.3 is 9.32 Å². The second-order valence-electron chi connectivity index (χ2n) is 4.55. The third kappa shape index (κ3) is 1.62. The summed E-state index contributed by atoms with van der Waals surface area (Å²) < 4.78 is 5.68. The van der Waals surface area contributed by atoms with Crippen molar-refractivity contribution in [1.82, 2.24) is 4.90 Å². The Kier molecular flexibility index (Phi) is 2.39. The van der Waals surface area contributed by atoms with E-state index in [2.05, 4.69) is 0 Å². The second kappa shape index (κ2) is 3.91. The van der Waals surface area contributed by atoms with Crippen molar-refractivity contribution in [1.29, 1.82) is 0 Å². The Morgan fingerprint density at radius 1 is 1.24 bits per heavy atom. The van der Waals surface area contributed by atoms with Gasteiger partial charge in [-0.05, 0) is 25.8 Å². The molecule has 88 valence electrons. The smallest absolute Gasteiger partial charge is 0.289 e. The Labute approximate surface area is 100 Å². The number of amides is 1. The molecule has 2 aromatic rings. The molecular weight excluding hydrogens is 214 g/mol. The molecule has 3 rings (SSSR count). The number of carbonyl (C=O) groups is 1. The lowest BCUT2D eigenvalue weighted by molar-refractivity contribution is 0.0762. The van der Waals surface area contributed by atoms with E-state index in [-0.39, 0.29) is 5.91 Å². The van der Waals surface area contributed by atoms with Gasteiger partial charge in [0.15, 0.2) is 5.76 Å². The second-order valence-corrected chi connectivity index (χ2v) is 4.55. The molecule has 0 atom stereocenters. The number of nitrogens with zero attached hydrogens (tertiary/aromatic N) is 1. The van der Waals surface area contributed by atoms with Gasteiger partial charge in [0.1, 0.15) is 5.58 Å². The molecule has 0 spiro atoms. The number of para-hydroxylation sites is 1. The number of hydrogen-bond donors (Lipinski definition) is 0. The highest BCUT2D eigenvalue weighted by Crippen LogP contribution is 2.26. The molecule has 2 heterocycles. The molecule has 0 N–H and O–H groups in total. The zero-order chi connectivity index (χ0) is 11.8. The third-order valence-corrected chi connectivity index (χ3v) is 3.43. The minimum Gasteiger partial charge on any atom is -0.451 e. The summed E-state index contributed by atoms with van der Waals surface area (Å²) in [5.74, 6) is 0.546. The molecule has 3 nitrogen and oxygen atoms in total. The van der Waals surface area contributed by atoms with E-state index < -0.39 is 0 Å². The van der Waals surface area contributed by atoms with Crippen molar-refractivity contribution in [2.45, 2.75) is 19.8 Å². The van der Waals surface area contributed by atoms with Crippen LogP contribution in [0, 0.1) is 6.92 Å². The SMILES string of the molecule is Cc1c(C(=O)N2CCCC2)oc2ccccc12. The number of aryl methyl sites for hydroxylation is 1. The standard InChI is InChI=1S/C14H15NO2/c1-10-11-6-2-3-7-12(11)17-13(10)14(16)15-8-4-5-9-15/h2-3,6-7H,4-5,8-9H2,1H3. The van der Waals surface area contributed by atoms with Crippen molar-refractivity contribution in [3.05, 3.63) is 35.6 Å². The van der Waals surface area contributed by atoms with Gasteiger partial charge in [0.2, 0.25) is 0 Å². The van der Waals surface area contributed by atoms with E-state index in [0.717, 1.165) is 42.5 Å². The van der Waals surface area contributed by atoms with Gasteiger partial charge in [0.05, 0.1) is 0 Å². The van der Waals surface area contributed by atoms with Gasteiger partial charge in [-0.15, -0.1) is 0 Å². The molecule has 1 aromatic carbocycles. The molecule has 1 aromatic heterocycles. The van der Waals surface area contributed by atoms with Crippen molar-refractivity contribution in [3.8, 4) is 0 Å². The number of furan rings is 1. The monoisotopic (exact) mass is 229 g/mol. The molecule has 3 heteroatoms. The van der Waals surface area contributed by atoms with E-state index in [1.807, 2.05) is 36.1 Å². The summed E-state index contributed by atoms with van der Waals surface area (Å²) in [6.45, 7) is 3.67. The minimum atomic E-state index is 0.0381. The maximum Gasteiger partial charge on any atom is 0.289 e. The predicted octanol–water partition coefficient (Wildman–Crippen LogP) is 2.98. The van der Waals surface area contributed by atoms with Crippen molar-refractivity contribution < 1.29 is 9.21 Å². The molecule has 1 aliphatic heterocycles. The molecule has 0 aliphatic carbocycles. The van der Waals surface area contributed by atoms with E-state index in [1.165, 1.54) is 0 Å². The summed E-state index contributed by atoms with van der Waals surface area (Å²) in [4.78, 5) is 14.1. The highest BCUT2D eigenvalue weighted by molar-refractivity contribution is 5.99. The van der Waals surface area contributed by atoms with Crippen LogP contribution >= 0.6 is 0 Å². The molecule has 1 saturated heterocycles. The number of fused-ring (bicyclic) bond motifs is 1. The summed E-state index contributed by atoms with van der Waals surface area (Å²) in [7, 11) is 0. The Morgan fingerprint density at radius 3 is 2.65 bits per heavy atom. The molecule has 1 fully saturated rings. The topological polar surface area (TPSA) is 33.5 Å². The van der Waals surface area contributed by atoms with Crippen LogP contribution in [0.3, 0.4) is 0 Å². The van der Waals surface area contributed by atoms with Crippen molar-refractivity contribution >= 4 is 16.9 Å². The number of hydrogen-bond acceptors (Lipinski definition) is 2. The third-order valence-electron chi connectivity index (χ3n) is 3.43. The fourth-order valence-electron chi connectivity index (χ4n) is 2.44. The Bertz CT molecular complexity index is 565. The van der Waals surface area contributed by atoms with E-state index in [4.69, 9.17) is 4.42 Å². The Balaban J connectivity index is 2.05. The van der Waals surface area contributed by atoms with E-state index >= 15 is 0 Å². The zero-order valence-corrected chi connectivity index (χ0v) is 9.90. The van der Waals surface area contributed by atoms with Crippen LogP contribution in [0.2, 0.25) is 0 Å². The number of rotatable bonds is 1. The first-order valence-corrected chi connectivity index (χ1v) is 6.05. The summed E-state index contributed by atoms with van der Waals surface area (Å²) in [6.07, 6.45) is 2.20. The lowest BCUT2D eigenvalue weighted by Gasteiger charge is -2.13. The van der Waals surface area contributed by atoms with Crippen LogP contribution in [0.25, 0.3) is 11.0 Å². The maximum atomic E-state index is 12.3. The molecule has 1 aliphatic rings. The van der Waals surface area contributed by atoms with Gasteiger partial charge in [-0.25, -0.2) is 0 Å². The number of carbonyl (C=O) groups excluding carboxylic acids is 1. The summed E-state index contributed by atoms with van der Waals surface area (Å²) in [5, 5.41) is 1.04. The van der Waals surface area contributed by atoms with Crippen LogP contribution in [-0.2, 0) is 0 Å². The first-order valence-electron chi connectivity index (χ1n) is 6.05. The van der Waals surface area contributed by atoms with E-state index in [9.17, 15) is 4.79 Å². The largest absolute Gasteiger partial charge is 0.451 e. The quantitative estimate of drug-likeness (QED) is 0.753. The van der Waals surface area contributed by atoms with Gasteiger partial charge >= 0.3 is 0 Å². The Hall–Kier alpha value is -1.77. The fraction of sp³-hybridized carbons (Fsp3) is 0.357. The summed E-state index contributed by atoms with van der Waals surface area (Å²) >= 11 is 0. The molecule has 1 amide bonds. The molecule has 0 unspecified atom stereocenters. The van der Waals surface area contributed by atoms with Gasteiger partial charge in [-0.2, -0.15) is 0 Å². The van der Waals surface area contributed by atoms with E-state index in [1.54, 1.807) is 0 Å². The number of benzene rings is 1. The van der Waals surface area contributed by atoms with Gasteiger partial charge in [-0.3, -0.25) is 4.79 Å². The van der Waals surface area contributed by atoms with Crippen LogP contribution in [0.4, 0.5) is 0 Å². The van der Waals surface area contributed by atoms with Crippen LogP contribution < -0.4 is 0 Å². The fourth-order valence-corrected chi connectivity index (χ4v) is 2.44. The van der Waals surface area contributed by atoms with Crippen molar-refractivity contribution in [2.24, 2.45) is 0 Å². The molecule has 0 saturated carbocycles. The van der Waals surface area contributed by atoms with Crippen LogP contribution in [-0.4, -0.2) is 23.9 Å². The highest BCUT2D eigenvalue weighted by Gasteiger charge is 2.24. The zero-order valence-electron chi connectivity index (χ0n) is 9.90. The summed E-state index contributed by atoms with van der Waals surface area (Å²) in [5.41, 5.74) is 1.75. The minimum absolute atomic E-state index is 0.0381. The Morgan fingerprint density at radius 2 is 1.94 bits per heavy atom.